The molecule has 3 saturated heterocycles. The number of nitrogens with zero attached hydrogens (tertiary/aromatic N) is 2. The smallest absolute Gasteiger partial charge is 0.110 e. The lowest BCUT2D eigenvalue weighted by atomic mass is 10.1. The van der Waals surface area contributed by atoms with E-state index >= 15 is 0 Å². The molecule has 7 heteroatoms. The summed E-state index contributed by atoms with van der Waals surface area (Å²) < 4.78 is 0. The first-order valence-electron chi connectivity index (χ1n) is 6.75. The van der Waals surface area contributed by atoms with Gasteiger partial charge in [0.05, 0.1) is 0 Å². The van der Waals surface area contributed by atoms with E-state index in [-0.39, 0.29) is 0 Å². The van der Waals surface area contributed by atoms with E-state index in [1.807, 2.05) is 19.7 Å². The Hall–Kier alpha value is 1.54. The van der Waals surface area contributed by atoms with Gasteiger partial charge in [-0.05, 0) is 73.5 Å². The van der Waals surface area contributed by atoms with Crippen molar-refractivity contribution in [2.45, 2.75) is 38.5 Å². The van der Waals surface area contributed by atoms with Crippen molar-refractivity contribution in [3.8, 4) is 0 Å². The molecule has 0 atom stereocenters. The van der Waals surface area contributed by atoms with Crippen molar-refractivity contribution in [1.82, 2.24) is 9.80 Å². The van der Waals surface area contributed by atoms with E-state index in [0.717, 1.165) is 0 Å². The van der Waals surface area contributed by atoms with Crippen molar-refractivity contribution in [2.75, 3.05) is 26.2 Å². The molecule has 2 nitrogen and oxygen atoms in total. The molecule has 3 aliphatic rings. The van der Waals surface area contributed by atoms with Crippen LogP contribution in [0.5, 0.6) is 0 Å². The van der Waals surface area contributed by atoms with Gasteiger partial charge in [0.1, 0.15) is 5.11 Å². The van der Waals surface area contributed by atoms with Crippen LogP contribution in [-0.2, 0) is 0 Å². The summed E-state index contributed by atoms with van der Waals surface area (Å²) in [6, 6.07) is 0. The average Bonchev–Trinajstić information content (AvgIpc) is 2.95. The van der Waals surface area contributed by atoms with Crippen LogP contribution in [0.15, 0.2) is 0 Å². The first-order chi connectivity index (χ1) is 8.95. The Morgan fingerprint density at radius 1 is 0.667 bits per heavy atom. The van der Waals surface area contributed by atoms with Crippen LogP contribution in [0.3, 0.4) is 0 Å². The highest BCUT2D eigenvalue weighted by Crippen LogP contribution is 2.71. The molecule has 0 unspecified atom stereocenters. The van der Waals surface area contributed by atoms with Gasteiger partial charge >= 0.3 is 0 Å². The van der Waals surface area contributed by atoms with Crippen molar-refractivity contribution in [3.05, 3.63) is 0 Å². The predicted molar refractivity (Wildman–Crippen MR) is 93.8 cm³/mol. The summed E-state index contributed by atoms with van der Waals surface area (Å²) in [6.07, 6.45) is 8.44. The lowest BCUT2D eigenvalue weighted by Crippen LogP contribution is -2.47. The summed E-state index contributed by atoms with van der Waals surface area (Å²) in [5.41, 5.74) is 0. The molecule has 0 radical (unpaired) electrons. The van der Waals surface area contributed by atoms with Crippen LogP contribution >= 0.6 is 47.9 Å². The third kappa shape index (κ3) is 3.59. The van der Waals surface area contributed by atoms with Gasteiger partial charge in [-0.25, -0.2) is 0 Å². The highest BCUT2D eigenvalue weighted by Gasteiger charge is 2.27. The molecule has 0 spiro atoms. The molecule has 104 valence electrons. The number of piperidine rings is 2. The molecule has 0 amide bonds. The molecule has 3 fully saturated rings. The maximum absolute atomic E-state index is 2.71. The van der Waals surface area contributed by atoms with E-state index < -0.39 is 0 Å². The van der Waals surface area contributed by atoms with Crippen molar-refractivity contribution in [3.63, 3.8) is 0 Å². The van der Waals surface area contributed by atoms with Gasteiger partial charge in [0.25, 0.3) is 0 Å². The minimum absolute atomic E-state index is 0.368. The molecule has 3 aliphatic heterocycles. The minimum Gasteiger partial charge on any atom is -0.259 e. The van der Waals surface area contributed by atoms with E-state index in [4.69, 9.17) is 0 Å². The van der Waals surface area contributed by atoms with E-state index in [1.165, 1.54) is 64.7 Å². The molecular formula is C11H20N2S5. The maximum Gasteiger partial charge on any atom is 0.110 e. The molecule has 0 aliphatic carbocycles. The van der Waals surface area contributed by atoms with Gasteiger partial charge in [0.15, 0.2) is 0 Å². The summed E-state index contributed by atoms with van der Waals surface area (Å²) in [5, 5.41) is 1.68. The minimum atomic E-state index is 0.368. The first kappa shape index (κ1) is 14.5. The van der Waals surface area contributed by atoms with Crippen LogP contribution in [0.2, 0.25) is 0 Å². The molecule has 0 aromatic carbocycles. The molecule has 0 N–H and O–H groups in total. The van der Waals surface area contributed by atoms with E-state index in [0.29, 0.717) is 8.55 Å². The Balaban J connectivity index is 1.80. The van der Waals surface area contributed by atoms with Gasteiger partial charge in [-0.15, -0.1) is 0 Å². The highest BCUT2D eigenvalue weighted by atomic mass is 34.1. The Morgan fingerprint density at radius 2 is 1.11 bits per heavy atom. The Bertz CT molecular complexity index is 283. The summed E-state index contributed by atoms with van der Waals surface area (Å²) in [6.45, 7) is 5.19. The van der Waals surface area contributed by atoms with E-state index in [2.05, 4.69) is 29.5 Å². The van der Waals surface area contributed by atoms with Crippen molar-refractivity contribution in [2.24, 2.45) is 0 Å². The van der Waals surface area contributed by atoms with E-state index in [1.54, 1.807) is 5.11 Å². The van der Waals surface area contributed by atoms with Crippen molar-refractivity contribution >= 4 is 53.0 Å². The Kier molecular flexibility index (Phi) is 6.05. The zero-order chi connectivity index (χ0) is 12.2. The summed E-state index contributed by atoms with van der Waals surface area (Å²) in [4.78, 5) is 5.43. The van der Waals surface area contributed by atoms with Gasteiger partial charge in [0.2, 0.25) is 0 Å². The van der Waals surface area contributed by atoms with Crippen LogP contribution in [0.25, 0.3) is 0 Å². The standard InChI is InChI=1S/C11H20N2S5/c1-3-7-12(8-4-1)11(18-16-14-15-17-18)13-9-5-2-6-10-13/h1-10H2. The van der Waals surface area contributed by atoms with E-state index in [9.17, 15) is 0 Å². The largest absolute Gasteiger partial charge is 0.259 e. The topological polar surface area (TPSA) is 6.48 Å². The fraction of sp³-hybridized carbons (Fsp3) is 0.909. The van der Waals surface area contributed by atoms with Gasteiger partial charge in [0, 0.05) is 26.2 Å². The fourth-order valence-electron chi connectivity index (χ4n) is 2.73. The summed E-state index contributed by atoms with van der Waals surface area (Å²) in [5.74, 6) is 0. The molecule has 3 rings (SSSR count). The SMILES string of the molecule is C1CCN(C(N2CCCCC2)=S2SSSS2)CC1. The summed E-state index contributed by atoms with van der Waals surface area (Å²) >= 11 is 0. The number of hydrogen-bond donors (Lipinski definition) is 0. The molecule has 18 heavy (non-hydrogen) atoms. The van der Waals surface area contributed by atoms with Crippen LogP contribution in [0, 0.1) is 0 Å². The molecule has 0 bridgehead atoms. The monoisotopic (exact) mass is 340 g/mol. The van der Waals surface area contributed by atoms with Crippen LogP contribution in [-0.4, -0.2) is 41.1 Å². The van der Waals surface area contributed by atoms with Gasteiger partial charge in [-0.3, -0.25) is 9.80 Å². The fourth-order valence-corrected chi connectivity index (χ4v) is 22.3. The van der Waals surface area contributed by atoms with Crippen molar-refractivity contribution in [1.29, 1.82) is 0 Å². The normalized spacial score (nSPS) is 28.7. The van der Waals surface area contributed by atoms with Gasteiger partial charge in [-0.1, -0.05) is 12.8 Å². The molecule has 0 aromatic rings. The third-order valence-electron chi connectivity index (χ3n) is 3.61. The van der Waals surface area contributed by atoms with Crippen molar-refractivity contribution < 1.29 is 0 Å². The Labute approximate surface area is 127 Å². The predicted octanol–water partition coefficient (Wildman–Crippen LogP) is 4.84. The zero-order valence-corrected chi connectivity index (χ0v) is 14.6. The summed E-state index contributed by atoms with van der Waals surface area (Å²) in [7, 11) is 8.49. The number of hydrogen-bond acceptors (Lipinski definition) is 4. The van der Waals surface area contributed by atoms with Crippen LogP contribution < -0.4 is 0 Å². The average molecular weight is 341 g/mol. The molecule has 0 aromatic heterocycles. The molecule has 0 saturated carbocycles. The lowest BCUT2D eigenvalue weighted by molar-refractivity contribution is 0.266. The van der Waals surface area contributed by atoms with Gasteiger partial charge < -0.3 is 0 Å². The number of rotatable bonds is 0. The molecular weight excluding hydrogens is 320 g/mol. The Morgan fingerprint density at radius 3 is 1.56 bits per heavy atom. The second-order valence-electron chi connectivity index (χ2n) is 4.88. The second-order valence-corrected chi connectivity index (χ2v) is 15.4. The molecule has 3 heterocycles. The quantitative estimate of drug-likeness (QED) is 0.457. The van der Waals surface area contributed by atoms with Crippen LogP contribution in [0.1, 0.15) is 38.5 Å². The second kappa shape index (κ2) is 7.52. The zero-order valence-electron chi connectivity index (χ0n) is 10.5. The number of likely N-dealkylation sites (tertiary alicyclic amines) is 2. The maximum atomic E-state index is 2.71. The first-order valence-corrected chi connectivity index (χ1v) is 13.8. The van der Waals surface area contributed by atoms with Crippen LogP contribution in [0.4, 0.5) is 0 Å². The van der Waals surface area contributed by atoms with Gasteiger partial charge in [-0.2, -0.15) is 0 Å². The highest BCUT2D eigenvalue weighted by molar-refractivity contribution is 9.62. The lowest BCUT2D eigenvalue weighted by Gasteiger charge is -2.37. The third-order valence-corrected chi connectivity index (χ3v) is 18.2.